The van der Waals surface area contributed by atoms with Crippen molar-refractivity contribution in [1.82, 2.24) is 15.5 Å². The van der Waals surface area contributed by atoms with Crippen LogP contribution in [0.25, 0.3) is 0 Å². The number of hydrogen-bond acceptors (Lipinski definition) is 3. The lowest BCUT2D eigenvalue weighted by atomic mass is 9.85. The van der Waals surface area contributed by atoms with Gasteiger partial charge in [-0.2, -0.15) is 0 Å². The van der Waals surface area contributed by atoms with E-state index >= 15 is 0 Å². The van der Waals surface area contributed by atoms with Crippen LogP contribution in [0.5, 0.6) is 0 Å². The number of rotatable bonds is 8. The summed E-state index contributed by atoms with van der Waals surface area (Å²) >= 11 is 0. The van der Waals surface area contributed by atoms with E-state index < -0.39 is 0 Å². The molecule has 1 aromatic carbocycles. The maximum absolute atomic E-state index is 14.0. The lowest BCUT2D eigenvalue weighted by Crippen LogP contribution is -2.55. The van der Waals surface area contributed by atoms with Crippen LogP contribution in [0.15, 0.2) is 24.3 Å². The van der Waals surface area contributed by atoms with Crippen LogP contribution in [0, 0.1) is 17.7 Å². The molecular formula is C29H44FN3O2. The van der Waals surface area contributed by atoms with E-state index in [9.17, 15) is 14.0 Å². The van der Waals surface area contributed by atoms with Crippen molar-refractivity contribution in [2.24, 2.45) is 11.8 Å². The Labute approximate surface area is 210 Å². The minimum atomic E-state index is -0.262. The van der Waals surface area contributed by atoms with Crippen LogP contribution in [0.4, 0.5) is 4.39 Å². The van der Waals surface area contributed by atoms with Crippen molar-refractivity contribution in [3.8, 4) is 0 Å². The molecule has 6 heteroatoms. The van der Waals surface area contributed by atoms with Gasteiger partial charge >= 0.3 is 0 Å². The maximum atomic E-state index is 14.0. The first-order chi connectivity index (χ1) is 16.9. The van der Waals surface area contributed by atoms with Crippen molar-refractivity contribution in [3.05, 3.63) is 35.6 Å². The second-order valence-corrected chi connectivity index (χ2v) is 11.5. The molecule has 0 bridgehead atoms. The van der Waals surface area contributed by atoms with Gasteiger partial charge in [0.25, 0.3) is 0 Å². The Balaban J connectivity index is 1.29. The van der Waals surface area contributed by atoms with Crippen LogP contribution < -0.4 is 10.6 Å². The Morgan fingerprint density at radius 3 is 2.17 bits per heavy atom. The SMILES string of the molecule is CC1(NC(=O)C2CCCCC2)CCN(CC[C@H](NC(=O)C2CCCCC2)c2cccc(F)c2)CC1. The molecule has 1 saturated heterocycles. The number of benzene rings is 1. The molecule has 5 nitrogen and oxygen atoms in total. The number of piperidine rings is 1. The first kappa shape index (κ1) is 26.1. The second-order valence-electron chi connectivity index (χ2n) is 11.5. The van der Waals surface area contributed by atoms with Gasteiger partial charge in [0.15, 0.2) is 0 Å². The van der Waals surface area contributed by atoms with Crippen molar-refractivity contribution in [2.75, 3.05) is 19.6 Å². The van der Waals surface area contributed by atoms with Gasteiger partial charge in [-0.3, -0.25) is 9.59 Å². The minimum absolute atomic E-state index is 0.0864. The number of hydrogen-bond donors (Lipinski definition) is 2. The molecule has 0 unspecified atom stereocenters. The van der Waals surface area contributed by atoms with E-state index in [2.05, 4.69) is 22.5 Å². The van der Waals surface area contributed by atoms with E-state index in [0.29, 0.717) is 0 Å². The third-order valence-corrected chi connectivity index (χ3v) is 8.64. The molecule has 194 valence electrons. The zero-order chi connectivity index (χ0) is 24.7. The average molecular weight is 486 g/mol. The number of carbonyl (C=O) groups is 2. The first-order valence-corrected chi connectivity index (χ1v) is 14.0. The van der Waals surface area contributed by atoms with Crippen LogP contribution in [0.2, 0.25) is 0 Å². The third kappa shape index (κ3) is 7.52. The van der Waals surface area contributed by atoms with Crippen LogP contribution >= 0.6 is 0 Å². The summed E-state index contributed by atoms with van der Waals surface area (Å²) in [6.45, 7) is 4.88. The number of nitrogens with zero attached hydrogens (tertiary/aromatic N) is 1. The molecule has 2 N–H and O–H groups in total. The Kier molecular flexibility index (Phi) is 9.21. The van der Waals surface area contributed by atoms with E-state index in [-0.39, 0.29) is 41.0 Å². The van der Waals surface area contributed by atoms with Gasteiger partial charge in [0.1, 0.15) is 5.82 Å². The molecule has 1 aliphatic heterocycles. The minimum Gasteiger partial charge on any atom is -0.351 e. The van der Waals surface area contributed by atoms with Gasteiger partial charge in [-0.05, 0) is 69.6 Å². The molecule has 0 radical (unpaired) electrons. The van der Waals surface area contributed by atoms with Gasteiger partial charge in [-0.1, -0.05) is 50.7 Å². The Hall–Kier alpha value is -1.95. The molecule has 1 aromatic rings. The maximum Gasteiger partial charge on any atom is 0.223 e. The van der Waals surface area contributed by atoms with Crippen LogP contribution in [-0.4, -0.2) is 41.9 Å². The molecule has 1 atom stereocenters. The molecule has 2 saturated carbocycles. The largest absolute Gasteiger partial charge is 0.351 e. The number of amides is 2. The van der Waals surface area contributed by atoms with E-state index in [1.165, 1.54) is 31.7 Å². The first-order valence-electron chi connectivity index (χ1n) is 14.0. The molecule has 2 aliphatic carbocycles. The summed E-state index contributed by atoms with van der Waals surface area (Å²) in [7, 11) is 0. The number of halogens is 1. The quantitative estimate of drug-likeness (QED) is 0.511. The molecule has 4 rings (SSSR count). The van der Waals surface area contributed by atoms with Crippen molar-refractivity contribution < 1.29 is 14.0 Å². The average Bonchev–Trinajstić information content (AvgIpc) is 2.88. The fourth-order valence-electron chi connectivity index (χ4n) is 6.17. The topological polar surface area (TPSA) is 61.4 Å². The van der Waals surface area contributed by atoms with E-state index in [4.69, 9.17) is 0 Å². The Bertz CT molecular complexity index is 840. The highest BCUT2D eigenvalue weighted by molar-refractivity contribution is 5.79. The predicted octanol–water partition coefficient (Wildman–Crippen LogP) is 5.50. The fourth-order valence-corrected chi connectivity index (χ4v) is 6.17. The normalized spacial score (nSPS) is 22.9. The summed E-state index contributed by atoms with van der Waals surface area (Å²) < 4.78 is 14.0. The van der Waals surface area contributed by atoms with E-state index in [0.717, 1.165) is 83.0 Å². The zero-order valence-corrected chi connectivity index (χ0v) is 21.5. The van der Waals surface area contributed by atoms with E-state index in [1.807, 2.05) is 6.07 Å². The highest BCUT2D eigenvalue weighted by Crippen LogP contribution is 2.29. The summed E-state index contributed by atoms with van der Waals surface area (Å²) in [6, 6.07) is 6.48. The van der Waals surface area contributed by atoms with Crippen molar-refractivity contribution in [2.45, 2.75) is 102 Å². The summed E-state index contributed by atoms with van der Waals surface area (Å²) in [5.74, 6) is 0.386. The summed E-state index contributed by atoms with van der Waals surface area (Å²) in [6.07, 6.45) is 13.7. The van der Waals surface area contributed by atoms with Gasteiger partial charge in [0, 0.05) is 37.0 Å². The lowest BCUT2D eigenvalue weighted by Gasteiger charge is -2.41. The monoisotopic (exact) mass is 485 g/mol. The lowest BCUT2D eigenvalue weighted by molar-refractivity contribution is -0.128. The van der Waals surface area contributed by atoms with Crippen molar-refractivity contribution in [1.29, 1.82) is 0 Å². The van der Waals surface area contributed by atoms with E-state index in [1.54, 1.807) is 12.1 Å². The molecule has 3 aliphatic rings. The molecule has 0 aromatic heterocycles. The highest BCUT2D eigenvalue weighted by atomic mass is 19.1. The Morgan fingerprint density at radius 2 is 1.57 bits per heavy atom. The van der Waals surface area contributed by atoms with Gasteiger partial charge in [0.2, 0.25) is 11.8 Å². The summed E-state index contributed by atoms with van der Waals surface area (Å²) in [5.41, 5.74) is 0.707. The summed E-state index contributed by atoms with van der Waals surface area (Å²) in [5, 5.41) is 6.64. The van der Waals surface area contributed by atoms with Crippen LogP contribution in [0.3, 0.4) is 0 Å². The second kappa shape index (κ2) is 12.3. The summed E-state index contributed by atoms with van der Waals surface area (Å²) in [4.78, 5) is 28.2. The highest BCUT2D eigenvalue weighted by Gasteiger charge is 2.34. The van der Waals surface area contributed by atoms with Gasteiger partial charge in [0.05, 0.1) is 6.04 Å². The van der Waals surface area contributed by atoms with Crippen molar-refractivity contribution >= 4 is 11.8 Å². The number of nitrogens with one attached hydrogen (secondary N) is 2. The molecule has 0 spiro atoms. The standard InChI is InChI=1S/C29H44FN3O2/c1-29(32-28(35)23-11-6-3-7-12-23)16-19-33(20-17-29)18-15-26(24-13-8-14-25(30)21-24)31-27(34)22-9-4-2-5-10-22/h8,13-14,21-23,26H,2-7,9-12,15-20H2,1H3,(H,31,34)(H,32,35)/t26-/m0/s1. The molecule has 2 amide bonds. The van der Waals surface area contributed by atoms with Gasteiger partial charge < -0.3 is 15.5 Å². The smallest absolute Gasteiger partial charge is 0.223 e. The molecule has 3 fully saturated rings. The zero-order valence-electron chi connectivity index (χ0n) is 21.5. The molecule has 35 heavy (non-hydrogen) atoms. The predicted molar refractivity (Wildman–Crippen MR) is 137 cm³/mol. The van der Waals surface area contributed by atoms with Crippen LogP contribution in [-0.2, 0) is 9.59 Å². The number of likely N-dealkylation sites (tertiary alicyclic amines) is 1. The van der Waals surface area contributed by atoms with Gasteiger partial charge in [-0.15, -0.1) is 0 Å². The molecular weight excluding hydrogens is 441 g/mol. The van der Waals surface area contributed by atoms with Gasteiger partial charge in [-0.25, -0.2) is 4.39 Å². The number of carbonyl (C=O) groups excluding carboxylic acids is 2. The van der Waals surface area contributed by atoms with Crippen molar-refractivity contribution in [3.63, 3.8) is 0 Å². The Morgan fingerprint density at radius 1 is 0.971 bits per heavy atom. The van der Waals surface area contributed by atoms with Crippen LogP contribution in [0.1, 0.15) is 102 Å². The molecule has 1 heterocycles. The third-order valence-electron chi connectivity index (χ3n) is 8.64. The fraction of sp³-hybridized carbons (Fsp3) is 0.724.